The monoisotopic (exact) mass is 290 g/mol. The van der Waals surface area contributed by atoms with Crippen LogP contribution in [0.4, 0.5) is 0 Å². The molecule has 6 nitrogen and oxygen atoms in total. The van der Waals surface area contributed by atoms with Gasteiger partial charge >= 0.3 is 0 Å². The van der Waals surface area contributed by atoms with Crippen molar-refractivity contribution in [2.45, 2.75) is 12.5 Å². The Balaban J connectivity index is 1.81. The Morgan fingerprint density at radius 2 is 2.40 bits per heavy atom. The van der Waals surface area contributed by atoms with Gasteiger partial charge in [0, 0.05) is 31.3 Å². The van der Waals surface area contributed by atoms with E-state index in [0.29, 0.717) is 24.7 Å². The second-order valence-corrected chi connectivity index (χ2v) is 5.41. The molecule has 3 rings (SSSR count). The van der Waals surface area contributed by atoms with Gasteiger partial charge in [-0.2, -0.15) is 4.98 Å². The quantitative estimate of drug-likeness (QED) is 0.771. The highest BCUT2D eigenvalue weighted by molar-refractivity contribution is 7.17. The lowest BCUT2D eigenvalue weighted by molar-refractivity contribution is 0.176. The van der Waals surface area contributed by atoms with Crippen molar-refractivity contribution in [2.75, 3.05) is 13.7 Å². The number of hydrogen-bond donors (Lipinski definition) is 1. The summed E-state index contributed by atoms with van der Waals surface area (Å²) in [6, 6.07) is 3.84. The minimum Gasteiger partial charge on any atom is -0.383 e. The standard InChI is InChI=1S/C13H14N4O2S/c1-18-7-9(14)5-12-16-13(17-19-12)8-4-11-10(15-6-8)2-3-20-11/h2-4,6,9H,5,7,14H2,1H3. The highest BCUT2D eigenvalue weighted by atomic mass is 32.1. The zero-order chi connectivity index (χ0) is 13.9. The number of ether oxygens (including phenoxy) is 1. The molecular weight excluding hydrogens is 276 g/mol. The number of thiophene rings is 1. The van der Waals surface area contributed by atoms with Crippen LogP contribution in [0.1, 0.15) is 5.89 Å². The lowest BCUT2D eigenvalue weighted by atomic mass is 10.2. The Kier molecular flexibility index (Phi) is 3.72. The fourth-order valence-electron chi connectivity index (χ4n) is 1.92. The van der Waals surface area contributed by atoms with Gasteiger partial charge in [0.05, 0.1) is 16.8 Å². The Morgan fingerprint density at radius 1 is 1.50 bits per heavy atom. The van der Waals surface area contributed by atoms with Crippen molar-refractivity contribution in [1.82, 2.24) is 15.1 Å². The molecule has 3 aromatic rings. The molecule has 0 aromatic carbocycles. The van der Waals surface area contributed by atoms with Crippen molar-refractivity contribution < 1.29 is 9.26 Å². The number of pyridine rings is 1. The van der Waals surface area contributed by atoms with Crippen LogP contribution >= 0.6 is 11.3 Å². The van der Waals surface area contributed by atoms with E-state index in [1.165, 1.54) is 0 Å². The number of nitrogens with zero attached hydrogens (tertiary/aromatic N) is 3. The molecule has 3 heterocycles. The lowest BCUT2D eigenvalue weighted by Gasteiger charge is -2.05. The van der Waals surface area contributed by atoms with Gasteiger partial charge in [-0.3, -0.25) is 4.98 Å². The molecule has 1 unspecified atom stereocenters. The van der Waals surface area contributed by atoms with Gasteiger partial charge in [0.1, 0.15) is 0 Å². The van der Waals surface area contributed by atoms with Gasteiger partial charge in [-0.25, -0.2) is 0 Å². The number of methoxy groups -OCH3 is 1. The first-order valence-corrected chi connectivity index (χ1v) is 7.05. The molecule has 0 saturated heterocycles. The minimum atomic E-state index is -0.147. The van der Waals surface area contributed by atoms with Crippen molar-refractivity contribution in [3.05, 3.63) is 29.6 Å². The van der Waals surface area contributed by atoms with Crippen LogP contribution in [-0.2, 0) is 11.2 Å². The van der Waals surface area contributed by atoms with E-state index in [1.54, 1.807) is 24.6 Å². The third kappa shape index (κ3) is 2.69. The van der Waals surface area contributed by atoms with Crippen molar-refractivity contribution >= 4 is 21.6 Å². The van der Waals surface area contributed by atoms with Crippen molar-refractivity contribution in [3.63, 3.8) is 0 Å². The van der Waals surface area contributed by atoms with E-state index in [0.717, 1.165) is 15.8 Å². The van der Waals surface area contributed by atoms with Crippen LogP contribution < -0.4 is 5.73 Å². The van der Waals surface area contributed by atoms with Crippen LogP contribution in [-0.4, -0.2) is 34.9 Å². The van der Waals surface area contributed by atoms with Crippen molar-refractivity contribution in [3.8, 4) is 11.4 Å². The summed E-state index contributed by atoms with van der Waals surface area (Å²) in [6.07, 6.45) is 2.24. The first-order chi connectivity index (χ1) is 9.76. The van der Waals surface area contributed by atoms with Gasteiger partial charge in [0.25, 0.3) is 0 Å². The Hall–Kier alpha value is -1.83. The van der Waals surface area contributed by atoms with Crippen LogP contribution in [0, 0.1) is 0 Å². The highest BCUT2D eigenvalue weighted by Crippen LogP contribution is 2.24. The maximum absolute atomic E-state index is 5.86. The number of aromatic nitrogens is 3. The summed E-state index contributed by atoms with van der Waals surface area (Å²) >= 11 is 1.64. The van der Waals surface area contributed by atoms with E-state index < -0.39 is 0 Å². The predicted octanol–water partition coefficient (Wildman–Crippen LogP) is 1.86. The molecule has 0 saturated carbocycles. The minimum absolute atomic E-state index is 0.147. The Morgan fingerprint density at radius 3 is 3.25 bits per heavy atom. The van der Waals surface area contributed by atoms with Gasteiger partial charge in [0.2, 0.25) is 11.7 Å². The van der Waals surface area contributed by atoms with Crippen molar-refractivity contribution in [1.29, 1.82) is 0 Å². The van der Waals surface area contributed by atoms with Crippen LogP contribution in [0.5, 0.6) is 0 Å². The van der Waals surface area contributed by atoms with Gasteiger partial charge in [0.15, 0.2) is 0 Å². The van der Waals surface area contributed by atoms with Crippen LogP contribution in [0.2, 0.25) is 0 Å². The van der Waals surface area contributed by atoms with E-state index in [4.69, 9.17) is 15.0 Å². The van der Waals surface area contributed by atoms with Crippen LogP contribution in [0.15, 0.2) is 28.2 Å². The molecule has 0 fully saturated rings. The SMILES string of the molecule is COCC(N)Cc1nc(-c2cnc3ccsc3c2)no1. The third-order valence-corrected chi connectivity index (χ3v) is 3.70. The second kappa shape index (κ2) is 5.66. The van der Waals surface area contributed by atoms with E-state index in [9.17, 15) is 0 Å². The van der Waals surface area contributed by atoms with E-state index in [1.807, 2.05) is 17.5 Å². The zero-order valence-electron chi connectivity index (χ0n) is 10.9. The highest BCUT2D eigenvalue weighted by Gasteiger charge is 2.13. The number of rotatable bonds is 5. The average Bonchev–Trinajstić information content (AvgIpc) is 3.06. The fraction of sp³-hybridized carbons (Fsp3) is 0.308. The molecule has 0 amide bonds. The van der Waals surface area contributed by atoms with Gasteiger partial charge in [-0.1, -0.05) is 5.16 Å². The summed E-state index contributed by atoms with van der Waals surface area (Å²) < 4.78 is 11.3. The fourth-order valence-corrected chi connectivity index (χ4v) is 2.70. The van der Waals surface area contributed by atoms with Gasteiger partial charge < -0.3 is 15.0 Å². The van der Waals surface area contributed by atoms with E-state index >= 15 is 0 Å². The first kappa shape index (κ1) is 13.2. The number of nitrogens with two attached hydrogens (primary N) is 1. The van der Waals surface area contributed by atoms with Gasteiger partial charge in [-0.05, 0) is 17.5 Å². The van der Waals surface area contributed by atoms with Gasteiger partial charge in [-0.15, -0.1) is 11.3 Å². The summed E-state index contributed by atoms with van der Waals surface area (Å²) in [6.45, 7) is 0.459. The zero-order valence-corrected chi connectivity index (χ0v) is 11.8. The van der Waals surface area contributed by atoms with E-state index in [2.05, 4.69) is 15.1 Å². The molecule has 2 N–H and O–H groups in total. The largest absolute Gasteiger partial charge is 0.383 e. The summed E-state index contributed by atoms with van der Waals surface area (Å²) in [7, 11) is 1.61. The molecule has 0 spiro atoms. The lowest BCUT2D eigenvalue weighted by Crippen LogP contribution is -2.28. The van der Waals surface area contributed by atoms with Crippen molar-refractivity contribution in [2.24, 2.45) is 5.73 Å². The molecule has 0 radical (unpaired) electrons. The smallest absolute Gasteiger partial charge is 0.228 e. The molecule has 0 bridgehead atoms. The predicted molar refractivity (Wildman–Crippen MR) is 76.5 cm³/mol. The Labute approximate surface area is 119 Å². The molecule has 3 aromatic heterocycles. The maximum atomic E-state index is 5.86. The summed E-state index contributed by atoms with van der Waals surface area (Å²) in [4.78, 5) is 8.71. The first-order valence-electron chi connectivity index (χ1n) is 6.17. The third-order valence-electron chi connectivity index (χ3n) is 2.85. The normalized spacial score (nSPS) is 12.9. The number of fused-ring (bicyclic) bond motifs is 1. The molecule has 104 valence electrons. The Bertz CT molecular complexity index is 709. The average molecular weight is 290 g/mol. The molecule has 7 heteroatoms. The second-order valence-electron chi connectivity index (χ2n) is 4.46. The van der Waals surface area contributed by atoms with Crippen LogP contribution in [0.3, 0.4) is 0 Å². The summed E-state index contributed by atoms with van der Waals surface area (Å²) in [5.74, 6) is 1.04. The van der Waals surface area contributed by atoms with E-state index in [-0.39, 0.29) is 6.04 Å². The molecular formula is C13H14N4O2S. The molecule has 20 heavy (non-hydrogen) atoms. The molecule has 0 aliphatic rings. The summed E-state index contributed by atoms with van der Waals surface area (Å²) in [5.41, 5.74) is 7.68. The topological polar surface area (TPSA) is 87.1 Å². The molecule has 0 aliphatic carbocycles. The molecule has 0 aliphatic heterocycles. The molecule has 1 atom stereocenters. The summed E-state index contributed by atoms with van der Waals surface area (Å²) in [5, 5.41) is 5.98. The van der Waals surface area contributed by atoms with Crippen LogP contribution in [0.25, 0.3) is 21.6 Å². The number of hydrogen-bond acceptors (Lipinski definition) is 7. The maximum Gasteiger partial charge on any atom is 0.228 e.